The fraction of sp³-hybridized carbons (Fsp3) is 0.667. The minimum Gasteiger partial charge on any atom is -0.488 e. The topological polar surface area (TPSA) is 56.6 Å². The van der Waals surface area contributed by atoms with Crippen LogP contribution in [0.25, 0.3) is 0 Å². The van der Waals surface area contributed by atoms with Crippen LogP contribution in [0.15, 0.2) is 6.07 Å². The second-order valence-corrected chi connectivity index (χ2v) is 8.34. The summed E-state index contributed by atoms with van der Waals surface area (Å²) in [6, 6.07) is 2.57. The van der Waals surface area contributed by atoms with E-state index in [1.165, 1.54) is 4.90 Å². The highest BCUT2D eigenvalue weighted by Gasteiger charge is 2.44. The maximum Gasteiger partial charge on any atom is 0.425 e. The van der Waals surface area contributed by atoms with Crippen molar-refractivity contribution < 1.29 is 27.1 Å². The summed E-state index contributed by atoms with van der Waals surface area (Å²) in [4.78, 5) is 15.0. The molecule has 2 aliphatic heterocycles. The molecule has 28 heavy (non-hydrogen) atoms. The summed E-state index contributed by atoms with van der Waals surface area (Å²) >= 11 is 0.350. The molecule has 0 spiro atoms. The van der Waals surface area contributed by atoms with Crippen molar-refractivity contribution in [2.45, 2.75) is 43.6 Å². The summed E-state index contributed by atoms with van der Waals surface area (Å²) in [6.45, 7) is 1.61. The Morgan fingerprint density at radius 2 is 1.89 bits per heavy atom. The highest BCUT2D eigenvalue weighted by atomic mass is 32.1. The van der Waals surface area contributed by atoms with Crippen molar-refractivity contribution in [3.8, 4) is 11.8 Å². The molecule has 0 radical (unpaired) electrons. The van der Waals surface area contributed by atoms with Crippen LogP contribution < -0.4 is 4.74 Å². The maximum atomic E-state index is 15.0. The van der Waals surface area contributed by atoms with E-state index in [0.29, 0.717) is 37.3 Å². The van der Waals surface area contributed by atoms with E-state index in [9.17, 15) is 22.4 Å². The van der Waals surface area contributed by atoms with Gasteiger partial charge in [0.2, 0.25) is 0 Å². The van der Waals surface area contributed by atoms with E-state index in [2.05, 4.69) is 0 Å². The molecule has 2 fully saturated rings. The Labute approximate surface area is 164 Å². The number of nitriles is 1. The molecular formula is C18H21F4N3O2S. The van der Waals surface area contributed by atoms with Crippen molar-refractivity contribution >= 4 is 17.2 Å². The minimum absolute atomic E-state index is 0.0816. The summed E-state index contributed by atoms with van der Waals surface area (Å²) in [6.07, 6.45) is -3.86. The molecule has 0 atom stereocenters. The van der Waals surface area contributed by atoms with Crippen LogP contribution >= 0.6 is 11.3 Å². The number of nitrogens with zero attached hydrogens (tertiary/aromatic N) is 3. The predicted octanol–water partition coefficient (Wildman–Crippen LogP) is 3.44. The van der Waals surface area contributed by atoms with Gasteiger partial charge in [0.1, 0.15) is 27.7 Å². The number of thiophene rings is 1. The molecular weight excluding hydrogens is 398 g/mol. The first-order valence-corrected chi connectivity index (χ1v) is 9.88. The third-order valence-electron chi connectivity index (χ3n) is 5.26. The molecule has 0 saturated carbocycles. The third-order valence-corrected chi connectivity index (χ3v) is 6.33. The van der Waals surface area contributed by atoms with E-state index < -0.39 is 28.7 Å². The lowest BCUT2D eigenvalue weighted by Gasteiger charge is -2.39. The molecule has 2 saturated heterocycles. The molecule has 1 amide bonds. The number of ether oxygens (including phenoxy) is 1. The number of alkyl halides is 4. The smallest absolute Gasteiger partial charge is 0.425 e. The molecule has 1 aromatic heterocycles. The Kier molecular flexibility index (Phi) is 5.87. The van der Waals surface area contributed by atoms with Crippen LogP contribution in [0.5, 0.6) is 5.75 Å². The van der Waals surface area contributed by atoms with Gasteiger partial charge in [-0.15, -0.1) is 11.3 Å². The standard InChI is InChI=1S/C18H21F4N3O2S/c1-24-8-4-17(19,5-9-24)16(26)25-6-2-12(3-7-25)27-13-10-15(18(20,21)22)28-14(13)11-23/h10,12H,2-9H2,1H3. The average molecular weight is 419 g/mol. The molecule has 1 aromatic rings. The zero-order valence-electron chi connectivity index (χ0n) is 15.4. The van der Waals surface area contributed by atoms with Crippen molar-refractivity contribution in [3.63, 3.8) is 0 Å². The van der Waals surface area contributed by atoms with Crippen LogP contribution in [0.3, 0.4) is 0 Å². The van der Waals surface area contributed by atoms with E-state index in [-0.39, 0.29) is 36.6 Å². The number of amides is 1. The number of hydrogen-bond donors (Lipinski definition) is 0. The van der Waals surface area contributed by atoms with Crippen molar-refractivity contribution in [1.82, 2.24) is 9.80 Å². The Hall–Kier alpha value is -1.86. The van der Waals surface area contributed by atoms with Gasteiger partial charge < -0.3 is 14.5 Å². The summed E-state index contributed by atoms with van der Waals surface area (Å²) in [7, 11) is 1.89. The van der Waals surface area contributed by atoms with E-state index >= 15 is 0 Å². The highest BCUT2D eigenvalue weighted by molar-refractivity contribution is 7.13. The zero-order chi connectivity index (χ0) is 20.5. The Morgan fingerprint density at radius 1 is 1.29 bits per heavy atom. The Balaban J connectivity index is 1.58. The van der Waals surface area contributed by atoms with Gasteiger partial charge in [0, 0.05) is 57.9 Å². The van der Waals surface area contributed by atoms with Gasteiger partial charge in [-0.05, 0) is 7.05 Å². The number of piperidine rings is 2. The lowest BCUT2D eigenvalue weighted by atomic mass is 9.91. The number of carbonyl (C=O) groups is 1. The molecule has 3 heterocycles. The van der Waals surface area contributed by atoms with Crippen molar-refractivity contribution in [2.75, 3.05) is 33.2 Å². The quantitative estimate of drug-likeness (QED) is 0.705. The van der Waals surface area contributed by atoms with E-state index in [4.69, 9.17) is 10.00 Å². The highest BCUT2D eigenvalue weighted by Crippen LogP contribution is 2.40. The summed E-state index contributed by atoms with van der Waals surface area (Å²) in [5, 5.41) is 9.05. The number of carbonyl (C=O) groups excluding carboxylic acids is 1. The van der Waals surface area contributed by atoms with Gasteiger partial charge in [0.25, 0.3) is 5.91 Å². The van der Waals surface area contributed by atoms with Gasteiger partial charge in [-0.25, -0.2) is 4.39 Å². The lowest BCUT2D eigenvalue weighted by Crippen LogP contribution is -2.54. The molecule has 0 aromatic carbocycles. The molecule has 154 valence electrons. The molecule has 0 bridgehead atoms. The summed E-state index contributed by atoms with van der Waals surface area (Å²) in [5.41, 5.74) is -1.84. The monoisotopic (exact) mass is 419 g/mol. The SMILES string of the molecule is CN1CCC(F)(C(=O)N2CCC(Oc3cc(C(F)(F)F)sc3C#N)CC2)CC1. The zero-order valence-corrected chi connectivity index (χ0v) is 16.2. The van der Waals surface area contributed by atoms with Crippen LogP contribution in [0.2, 0.25) is 0 Å². The van der Waals surface area contributed by atoms with Gasteiger partial charge in [-0.1, -0.05) is 0 Å². The third kappa shape index (κ3) is 4.41. The average Bonchev–Trinajstić information content (AvgIpc) is 3.08. The first kappa shape index (κ1) is 20.9. The second kappa shape index (κ2) is 7.87. The number of hydrogen-bond acceptors (Lipinski definition) is 5. The Bertz CT molecular complexity index is 758. The molecule has 3 rings (SSSR count). The first-order chi connectivity index (χ1) is 13.1. The first-order valence-electron chi connectivity index (χ1n) is 9.07. The van der Waals surface area contributed by atoms with Crippen molar-refractivity contribution in [3.05, 3.63) is 15.8 Å². The molecule has 2 aliphatic rings. The van der Waals surface area contributed by atoms with Gasteiger partial charge in [0.15, 0.2) is 5.67 Å². The van der Waals surface area contributed by atoms with Crippen LogP contribution in [0, 0.1) is 11.3 Å². The second-order valence-electron chi connectivity index (χ2n) is 7.29. The Morgan fingerprint density at radius 3 is 2.43 bits per heavy atom. The van der Waals surface area contributed by atoms with Crippen LogP contribution in [0.4, 0.5) is 17.6 Å². The summed E-state index contributed by atoms with van der Waals surface area (Å²) < 4.78 is 59.1. The number of halogens is 4. The van der Waals surface area contributed by atoms with Gasteiger partial charge in [-0.3, -0.25) is 4.79 Å². The van der Waals surface area contributed by atoms with Crippen LogP contribution in [0.1, 0.15) is 35.4 Å². The largest absolute Gasteiger partial charge is 0.488 e. The maximum absolute atomic E-state index is 15.0. The van der Waals surface area contributed by atoms with Crippen molar-refractivity contribution in [2.24, 2.45) is 0 Å². The van der Waals surface area contributed by atoms with Crippen molar-refractivity contribution in [1.29, 1.82) is 5.26 Å². The van der Waals surface area contributed by atoms with Crippen LogP contribution in [-0.4, -0.2) is 60.7 Å². The summed E-state index contributed by atoms with van der Waals surface area (Å²) in [5.74, 6) is -0.589. The van der Waals surface area contributed by atoms with Crippen LogP contribution in [-0.2, 0) is 11.0 Å². The lowest BCUT2D eigenvalue weighted by molar-refractivity contribution is -0.149. The number of rotatable bonds is 3. The molecule has 0 aliphatic carbocycles. The predicted molar refractivity (Wildman–Crippen MR) is 94.8 cm³/mol. The minimum atomic E-state index is -4.53. The van der Waals surface area contributed by atoms with E-state index in [0.717, 1.165) is 6.07 Å². The van der Waals surface area contributed by atoms with E-state index in [1.807, 2.05) is 11.9 Å². The van der Waals surface area contributed by atoms with Gasteiger partial charge >= 0.3 is 6.18 Å². The van der Waals surface area contributed by atoms with Gasteiger partial charge in [-0.2, -0.15) is 18.4 Å². The fourth-order valence-corrected chi connectivity index (χ4v) is 4.26. The molecule has 5 nitrogen and oxygen atoms in total. The molecule has 0 unspecified atom stereocenters. The number of likely N-dealkylation sites (tertiary alicyclic amines) is 2. The van der Waals surface area contributed by atoms with Gasteiger partial charge in [0.05, 0.1) is 0 Å². The molecule has 0 N–H and O–H groups in total. The normalized spacial score (nSPS) is 21.4. The molecule has 10 heteroatoms. The fourth-order valence-electron chi connectivity index (χ4n) is 3.51. The van der Waals surface area contributed by atoms with E-state index in [1.54, 1.807) is 6.07 Å².